The number of nitrogens with one attached hydrogen (secondary N) is 2. The van der Waals surface area contributed by atoms with Gasteiger partial charge in [0.25, 0.3) is 5.91 Å². The lowest BCUT2D eigenvalue weighted by atomic mass is 9.96. The molecule has 1 amide bonds. The van der Waals surface area contributed by atoms with Crippen LogP contribution in [0.4, 0.5) is 5.82 Å². The van der Waals surface area contributed by atoms with E-state index in [2.05, 4.69) is 15.5 Å². The second-order valence-corrected chi connectivity index (χ2v) is 4.64. The van der Waals surface area contributed by atoms with Crippen molar-refractivity contribution in [3.8, 4) is 0 Å². The van der Waals surface area contributed by atoms with E-state index >= 15 is 0 Å². The number of aromatic nitrogens is 2. The third-order valence-corrected chi connectivity index (χ3v) is 3.13. The zero-order valence-corrected chi connectivity index (χ0v) is 11.4. The number of hydrogen-bond donors (Lipinski definition) is 3. The molecule has 0 saturated carbocycles. The van der Waals surface area contributed by atoms with E-state index in [4.69, 9.17) is 0 Å². The highest BCUT2D eigenvalue weighted by atomic mass is 16.4. The number of anilines is 1. The van der Waals surface area contributed by atoms with Crippen LogP contribution in [0.15, 0.2) is 18.3 Å². The minimum absolute atomic E-state index is 0.0275. The first kappa shape index (κ1) is 13.8. The Kier molecular flexibility index (Phi) is 3.56. The predicted molar refractivity (Wildman–Crippen MR) is 74.2 cm³/mol. The summed E-state index contributed by atoms with van der Waals surface area (Å²) in [5.74, 6) is -1.11. The fraction of sp³-hybridized carbons (Fsp3) is 0.214. The van der Waals surface area contributed by atoms with E-state index in [1.807, 2.05) is 0 Å². The standard InChI is InChI=1S/C14H15N3O3/c1-7-4-5-8(2)11(14(19)20)10(7)13(18)16-12-9(3)6-15-17-12/h4-6H,1-3H3,(H,19,20)(H2,15,16,17,18). The van der Waals surface area contributed by atoms with Crippen molar-refractivity contribution in [1.29, 1.82) is 0 Å². The van der Waals surface area contributed by atoms with Crippen LogP contribution in [0.2, 0.25) is 0 Å². The molecule has 3 N–H and O–H groups in total. The van der Waals surface area contributed by atoms with Gasteiger partial charge in [-0.2, -0.15) is 5.10 Å². The number of benzene rings is 1. The van der Waals surface area contributed by atoms with Gasteiger partial charge in [0.1, 0.15) is 5.82 Å². The number of carbonyl (C=O) groups excluding carboxylic acids is 1. The van der Waals surface area contributed by atoms with E-state index in [1.54, 1.807) is 39.1 Å². The summed E-state index contributed by atoms with van der Waals surface area (Å²) in [6.07, 6.45) is 1.58. The zero-order chi connectivity index (χ0) is 14.9. The summed E-state index contributed by atoms with van der Waals surface area (Å²) in [7, 11) is 0. The number of rotatable bonds is 3. The lowest BCUT2D eigenvalue weighted by Gasteiger charge is -2.12. The molecule has 104 valence electrons. The normalized spacial score (nSPS) is 10.3. The number of aryl methyl sites for hydroxylation is 3. The largest absolute Gasteiger partial charge is 0.478 e. The number of amides is 1. The molecule has 0 aliphatic carbocycles. The SMILES string of the molecule is Cc1cn[nH]c1NC(=O)c1c(C)ccc(C)c1C(=O)O. The van der Waals surface area contributed by atoms with Crippen LogP contribution in [0, 0.1) is 20.8 Å². The highest BCUT2D eigenvalue weighted by Gasteiger charge is 2.21. The molecule has 0 bridgehead atoms. The number of H-pyrrole nitrogens is 1. The zero-order valence-electron chi connectivity index (χ0n) is 11.4. The fourth-order valence-electron chi connectivity index (χ4n) is 2.03. The van der Waals surface area contributed by atoms with Gasteiger partial charge in [0, 0.05) is 5.56 Å². The molecule has 1 aromatic carbocycles. The molecular weight excluding hydrogens is 258 g/mol. The summed E-state index contributed by atoms with van der Waals surface area (Å²) in [5.41, 5.74) is 2.14. The molecule has 0 saturated heterocycles. The molecule has 0 fully saturated rings. The van der Waals surface area contributed by atoms with Crippen molar-refractivity contribution in [1.82, 2.24) is 10.2 Å². The van der Waals surface area contributed by atoms with Gasteiger partial charge in [-0.05, 0) is 31.9 Å². The molecular formula is C14H15N3O3. The molecule has 0 aliphatic rings. The van der Waals surface area contributed by atoms with Crippen LogP contribution in [0.3, 0.4) is 0 Å². The molecule has 2 aromatic rings. The maximum absolute atomic E-state index is 12.3. The molecule has 6 heteroatoms. The van der Waals surface area contributed by atoms with Crippen LogP contribution in [0.1, 0.15) is 37.4 Å². The van der Waals surface area contributed by atoms with Crippen LogP contribution in [0.25, 0.3) is 0 Å². The number of aromatic carboxylic acids is 1. The van der Waals surface area contributed by atoms with Crippen molar-refractivity contribution in [2.45, 2.75) is 20.8 Å². The van der Waals surface area contributed by atoms with Gasteiger partial charge in [-0.15, -0.1) is 0 Å². The van der Waals surface area contributed by atoms with Crippen LogP contribution in [-0.2, 0) is 0 Å². The molecule has 2 rings (SSSR count). The average molecular weight is 273 g/mol. The van der Waals surface area contributed by atoms with Crippen molar-refractivity contribution in [2.75, 3.05) is 5.32 Å². The van der Waals surface area contributed by atoms with E-state index in [1.165, 1.54) is 0 Å². The highest BCUT2D eigenvalue weighted by molar-refractivity contribution is 6.12. The van der Waals surface area contributed by atoms with Gasteiger partial charge in [-0.3, -0.25) is 9.89 Å². The van der Waals surface area contributed by atoms with Crippen LogP contribution < -0.4 is 5.32 Å². The van der Waals surface area contributed by atoms with Crippen LogP contribution >= 0.6 is 0 Å². The molecule has 0 radical (unpaired) electrons. The smallest absolute Gasteiger partial charge is 0.336 e. The lowest BCUT2D eigenvalue weighted by Crippen LogP contribution is -2.19. The van der Waals surface area contributed by atoms with E-state index < -0.39 is 11.9 Å². The second-order valence-electron chi connectivity index (χ2n) is 4.64. The van der Waals surface area contributed by atoms with Gasteiger partial charge in [0.15, 0.2) is 0 Å². The molecule has 6 nitrogen and oxygen atoms in total. The number of aromatic amines is 1. The molecule has 0 aliphatic heterocycles. The third-order valence-electron chi connectivity index (χ3n) is 3.13. The van der Waals surface area contributed by atoms with Crippen molar-refractivity contribution < 1.29 is 14.7 Å². The first-order chi connectivity index (χ1) is 9.41. The second kappa shape index (κ2) is 5.16. The lowest BCUT2D eigenvalue weighted by molar-refractivity contribution is 0.0691. The van der Waals surface area contributed by atoms with Gasteiger partial charge < -0.3 is 10.4 Å². The number of nitrogens with zero attached hydrogens (tertiary/aromatic N) is 1. The Morgan fingerprint density at radius 3 is 2.20 bits per heavy atom. The summed E-state index contributed by atoms with van der Waals surface area (Å²) in [6.45, 7) is 5.17. The predicted octanol–water partition coefficient (Wildman–Crippen LogP) is 2.29. The van der Waals surface area contributed by atoms with E-state index in [9.17, 15) is 14.7 Å². The van der Waals surface area contributed by atoms with Gasteiger partial charge in [-0.25, -0.2) is 4.79 Å². The van der Waals surface area contributed by atoms with Crippen molar-refractivity contribution >= 4 is 17.7 Å². The number of carboxylic acid groups (broad SMARTS) is 1. The average Bonchev–Trinajstić information content (AvgIpc) is 2.77. The number of hydrogen-bond acceptors (Lipinski definition) is 3. The maximum atomic E-state index is 12.3. The minimum Gasteiger partial charge on any atom is -0.478 e. The Labute approximate surface area is 115 Å². The summed E-state index contributed by atoms with van der Waals surface area (Å²) in [4.78, 5) is 23.7. The molecule has 20 heavy (non-hydrogen) atoms. The van der Waals surface area contributed by atoms with Crippen LogP contribution in [0.5, 0.6) is 0 Å². The Bertz CT molecular complexity index is 689. The quantitative estimate of drug-likeness (QED) is 0.799. The van der Waals surface area contributed by atoms with Crippen LogP contribution in [-0.4, -0.2) is 27.2 Å². The summed E-state index contributed by atoms with van der Waals surface area (Å²) < 4.78 is 0. The van der Waals surface area contributed by atoms with Crippen molar-refractivity contribution in [2.24, 2.45) is 0 Å². The van der Waals surface area contributed by atoms with Crippen molar-refractivity contribution in [3.05, 3.63) is 46.1 Å². The maximum Gasteiger partial charge on any atom is 0.336 e. The monoisotopic (exact) mass is 273 g/mol. The molecule has 1 heterocycles. The fourth-order valence-corrected chi connectivity index (χ4v) is 2.03. The van der Waals surface area contributed by atoms with E-state index in [0.717, 1.165) is 5.56 Å². The Morgan fingerprint density at radius 1 is 1.10 bits per heavy atom. The van der Waals surface area contributed by atoms with Gasteiger partial charge >= 0.3 is 5.97 Å². The van der Waals surface area contributed by atoms with Crippen molar-refractivity contribution in [3.63, 3.8) is 0 Å². The highest BCUT2D eigenvalue weighted by Crippen LogP contribution is 2.20. The topological polar surface area (TPSA) is 95.1 Å². The molecule has 0 atom stereocenters. The Morgan fingerprint density at radius 2 is 1.70 bits per heavy atom. The molecule has 1 aromatic heterocycles. The number of carboxylic acids is 1. The van der Waals surface area contributed by atoms with Gasteiger partial charge in [0.2, 0.25) is 0 Å². The Balaban J connectivity index is 2.47. The summed E-state index contributed by atoms with van der Waals surface area (Å²) >= 11 is 0. The van der Waals surface area contributed by atoms with E-state index in [0.29, 0.717) is 16.9 Å². The molecule has 0 unspecified atom stereocenters. The third kappa shape index (κ3) is 2.40. The molecule has 0 spiro atoms. The number of carbonyl (C=O) groups is 2. The Hall–Kier alpha value is -2.63. The van der Waals surface area contributed by atoms with E-state index in [-0.39, 0.29) is 11.1 Å². The first-order valence-corrected chi connectivity index (χ1v) is 6.06. The minimum atomic E-state index is -1.11. The van der Waals surface area contributed by atoms with Gasteiger partial charge in [-0.1, -0.05) is 12.1 Å². The first-order valence-electron chi connectivity index (χ1n) is 6.06. The summed E-state index contributed by atoms with van der Waals surface area (Å²) in [5, 5.41) is 18.4. The van der Waals surface area contributed by atoms with Gasteiger partial charge in [0.05, 0.1) is 17.3 Å². The summed E-state index contributed by atoms with van der Waals surface area (Å²) in [6, 6.07) is 3.42.